The largest absolute Gasteiger partial charge is 0.361 e. The topological polar surface area (TPSA) is 66.9 Å². The number of rotatable bonds is 1. The molecule has 2 aromatic heterocycles. The van der Waals surface area contributed by atoms with Gasteiger partial charge in [-0.1, -0.05) is 11.6 Å². The quantitative estimate of drug-likeness (QED) is 0.783. The molecule has 0 saturated carbocycles. The van der Waals surface area contributed by atoms with Gasteiger partial charge in [-0.05, 0) is 30.7 Å². The Morgan fingerprint density at radius 3 is 2.79 bits per heavy atom. The SMILES string of the molecule is Cc1cc(C2NC(=O)c3c(ccnc3Cl)N2)ccn1. The Morgan fingerprint density at radius 1 is 1.21 bits per heavy atom. The van der Waals surface area contributed by atoms with Gasteiger partial charge in [-0.25, -0.2) is 4.98 Å². The van der Waals surface area contributed by atoms with Gasteiger partial charge in [0.25, 0.3) is 5.91 Å². The predicted octanol–water partition coefficient (Wildman–Crippen LogP) is 2.29. The maximum atomic E-state index is 12.1. The smallest absolute Gasteiger partial charge is 0.258 e. The van der Waals surface area contributed by atoms with Crippen molar-refractivity contribution in [1.82, 2.24) is 15.3 Å². The molecule has 0 saturated heterocycles. The molecule has 2 aromatic rings. The van der Waals surface area contributed by atoms with Gasteiger partial charge in [-0.2, -0.15) is 0 Å². The molecule has 0 bridgehead atoms. The highest BCUT2D eigenvalue weighted by atomic mass is 35.5. The van der Waals surface area contributed by atoms with Crippen LogP contribution in [0.4, 0.5) is 5.69 Å². The molecule has 1 unspecified atom stereocenters. The Bertz CT molecular complexity index is 659. The molecule has 19 heavy (non-hydrogen) atoms. The number of fused-ring (bicyclic) bond motifs is 1. The van der Waals surface area contributed by atoms with E-state index in [-0.39, 0.29) is 17.2 Å². The van der Waals surface area contributed by atoms with E-state index in [4.69, 9.17) is 11.6 Å². The first-order valence-corrected chi connectivity index (χ1v) is 6.17. The lowest BCUT2D eigenvalue weighted by Crippen LogP contribution is -2.38. The molecule has 1 atom stereocenters. The minimum atomic E-state index is -0.292. The standard InChI is InChI=1S/C13H11ClN4O/c1-7-6-8(2-4-15-7)12-17-9-3-5-16-11(14)10(9)13(19)18-12/h2-6,12,17H,1H3,(H,18,19). The van der Waals surface area contributed by atoms with Crippen molar-refractivity contribution in [3.8, 4) is 0 Å². The van der Waals surface area contributed by atoms with Gasteiger partial charge < -0.3 is 10.6 Å². The van der Waals surface area contributed by atoms with Crippen molar-refractivity contribution in [3.63, 3.8) is 0 Å². The summed E-state index contributed by atoms with van der Waals surface area (Å²) in [5.74, 6) is -0.230. The molecule has 3 rings (SSSR count). The second-order valence-electron chi connectivity index (χ2n) is 4.31. The number of nitrogens with one attached hydrogen (secondary N) is 2. The fourth-order valence-corrected chi connectivity index (χ4v) is 2.33. The number of amides is 1. The third kappa shape index (κ3) is 2.13. The van der Waals surface area contributed by atoms with E-state index in [1.165, 1.54) is 0 Å². The first-order chi connectivity index (χ1) is 9.15. The number of pyridine rings is 2. The summed E-state index contributed by atoms with van der Waals surface area (Å²) in [6.07, 6.45) is 3.00. The summed E-state index contributed by atoms with van der Waals surface area (Å²) < 4.78 is 0. The highest BCUT2D eigenvalue weighted by molar-refractivity contribution is 6.33. The Hall–Kier alpha value is -2.14. The van der Waals surface area contributed by atoms with E-state index in [1.54, 1.807) is 18.5 Å². The molecule has 3 heterocycles. The molecular weight excluding hydrogens is 264 g/mol. The molecule has 1 amide bonds. The molecule has 0 aromatic carbocycles. The average Bonchev–Trinajstić information content (AvgIpc) is 2.38. The van der Waals surface area contributed by atoms with Crippen molar-refractivity contribution in [2.24, 2.45) is 0 Å². The third-order valence-corrected chi connectivity index (χ3v) is 3.25. The number of halogens is 1. The molecule has 0 radical (unpaired) electrons. The normalized spacial score (nSPS) is 17.4. The van der Waals surface area contributed by atoms with Crippen LogP contribution in [-0.4, -0.2) is 15.9 Å². The van der Waals surface area contributed by atoms with E-state index in [9.17, 15) is 4.79 Å². The Kier molecular flexibility index (Phi) is 2.83. The van der Waals surface area contributed by atoms with E-state index < -0.39 is 0 Å². The minimum absolute atomic E-state index is 0.201. The predicted molar refractivity (Wildman–Crippen MR) is 72.1 cm³/mol. The first-order valence-electron chi connectivity index (χ1n) is 5.79. The number of aromatic nitrogens is 2. The molecular formula is C13H11ClN4O. The van der Waals surface area contributed by atoms with Gasteiger partial charge >= 0.3 is 0 Å². The summed E-state index contributed by atoms with van der Waals surface area (Å²) in [4.78, 5) is 20.1. The van der Waals surface area contributed by atoms with Gasteiger partial charge in [-0.15, -0.1) is 0 Å². The van der Waals surface area contributed by atoms with Crippen molar-refractivity contribution in [3.05, 3.63) is 52.6 Å². The van der Waals surface area contributed by atoms with Crippen molar-refractivity contribution in [2.45, 2.75) is 13.1 Å². The molecule has 2 N–H and O–H groups in total. The third-order valence-electron chi connectivity index (χ3n) is 2.96. The van der Waals surface area contributed by atoms with E-state index in [0.29, 0.717) is 11.3 Å². The van der Waals surface area contributed by atoms with Crippen molar-refractivity contribution in [2.75, 3.05) is 5.32 Å². The molecule has 5 nitrogen and oxygen atoms in total. The first kappa shape index (κ1) is 11.9. The summed E-state index contributed by atoms with van der Waals surface area (Å²) in [6.45, 7) is 1.91. The Labute approximate surface area is 115 Å². The van der Waals surface area contributed by atoms with Crippen LogP contribution in [0.3, 0.4) is 0 Å². The second kappa shape index (κ2) is 4.51. The fourth-order valence-electron chi connectivity index (χ4n) is 2.08. The average molecular weight is 275 g/mol. The van der Waals surface area contributed by atoms with Crippen LogP contribution in [0, 0.1) is 6.92 Å². The van der Waals surface area contributed by atoms with Crippen LogP contribution in [0.1, 0.15) is 27.8 Å². The summed E-state index contributed by atoms with van der Waals surface area (Å²) in [5.41, 5.74) is 2.90. The zero-order valence-corrected chi connectivity index (χ0v) is 10.9. The number of carbonyl (C=O) groups excluding carboxylic acids is 1. The van der Waals surface area contributed by atoms with Crippen molar-refractivity contribution >= 4 is 23.2 Å². The van der Waals surface area contributed by atoms with Gasteiger partial charge in [-0.3, -0.25) is 9.78 Å². The number of nitrogens with zero attached hydrogens (tertiary/aromatic N) is 2. The van der Waals surface area contributed by atoms with Gasteiger partial charge in [0, 0.05) is 18.1 Å². The maximum absolute atomic E-state index is 12.1. The molecule has 6 heteroatoms. The highest BCUT2D eigenvalue weighted by Gasteiger charge is 2.27. The monoisotopic (exact) mass is 274 g/mol. The number of aryl methyl sites for hydroxylation is 1. The van der Waals surface area contributed by atoms with Crippen LogP contribution in [0.15, 0.2) is 30.6 Å². The van der Waals surface area contributed by atoms with Gasteiger partial charge in [0.2, 0.25) is 0 Å². The minimum Gasteiger partial charge on any atom is -0.361 e. The lowest BCUT2D eigenvalue weighted by Gasteiger charge is -2.28. The van der Waals surface area contributed by atoms with Crippen LogP contribution in [0.2, 0.25) is 5.15 Å². The molecule has 0 fully saturated rings. The van der Waals surface area contributed by atoms with E-state index in [1.807, 2.05) is 19.1 Å². The second-order valence-corrected chi connectivity index (χ2v) is 4.66. The molecule has 0 aliphatic carbocycles. The van der Waals surface area contributed by atoms with Crippen LogP contribution < -0.4 is 10.6 Å². The molecule has 1 aliphatic rings. The zero-order chi connectivity index (χ0) is 13.4. The molecule has 96 valence electrons. The lowest BCUT2D eigenvalue weighted by atomic mass is 10.1. The van der Waals surface area contributed by atoms with E-state index in [0.717, 1.165) is 11.3 Å². The molecule has 1 aliphatic heterocycles. The van der Waals surface area contributed by atoms with Crippen LogP contribution >= 0.6 is 11.6 Å². The van der Waals surface area contributed by atoms with Crippen LogP contribution in [-0.2, 0) is 0 Å². The Balaban J connectivity index is 2.00. The summed E-state index contributed by atoms with van der Waals surface area (Å²) in [6, 6.07) is 5.52. The van der Waals surface area contributed by atoms with Gasteiger partial charge in [0.05, 0.1) is 11.3 Å². The molecule has 0 spiro atoms. The number of hydrogen-bond acceptors (Lipinski definition) is 4. The van der Waals surface area contributed by atoms with Gasteiger partial charge in [0.1, 0.15) is 11.3 Å². The highest BCUT2D eigenvalue weighted by Crippen LogP contribution is 2.29. The summed E-state index contributed by atoms with van der Waals surface area (Å²) in [7, 11) is 0. The number of carbonyl (C=O) groups is 1. The fraction of sp³-hybridized carbons (Fsp3) is 0.154. The zero-order valence-electron chi connectivity index (χ0n) is 10.1. The summed E-state index contributed by atoms with van der Waals surface area (Å²) >= 11 is 5.93. The van der Waals surface area contributed by atoms with E-state index in [2.05, 4.69) is 20.6 Å². The van der Waals surface area contributed by atoms with E-state index >= 15 is 0 Å². The van der Waals surface area contributed by atoms with Crippen LogP contribution in [0.5, 0.6) is 0 Å². The number of hydrogen-bond donors (Lipinski definition) is 2. The van der Waals surface area contributed by atoms with Crippen LogP contribution in [0.25, 0.3) is 0 Å². The lowest BCUT2D eigenvalue weighted by molar-refractivity contribution is 0.0935. The Morgan fingerprint density at radius 2 is 2.00 bits per heavy atom. The van der Waals surface area contributed by atoms with Gasteiger partial charge in [0.15, 0.2) is 0 Å². The van der Waals surface area contributed by atoms with Crippen molar-refractivity contribution < 1.29 is 4.79 Å². The summed E-state index contributed by atoms with van der Waals surface area (Å²) in [5, 5.41) is 6.28. The van der Waals surface area contributed by atoms with Crippen molar-refractivity contribution in [1.29, 1.82) is 0 Å². The maximum Gasteiger partial charge on any atom is 0.258 e. The number of anilines is 1.